The summed E-state index contributed by atoms with van der Waals surface area (Å²) in [7, 11) is -2.67. The van der Waals surface area contributed by atoms with Crippen molar-refractivity contribution >= 4 is 20.2 Å². The van der Waals surface area contributed by atoms with Crippen molar-refractivity contribution in [2.45, 2.75) is 31.6 Å². The molecule has 1 saturated heterocycles. The molecule has 1 heterocycles. The number of hydrogen-bond donors (Lipinski definition) is 1. The van der Waals surface area contributed by atoms with Crippen molar-refractivity contribution in [3.8, 4) is 5.75 Å². The van der Waals surface area contributed by atoms with Crippen molar-refractivity contribution in [1.82, 2.24) is 13.3 Å². The molecule has 0 aromatic heterocycles. The summed E-state index contributed by atoms with van der Waals surface area (Å²) in [5.41, 5.74) is 1.83. The normalized spacial score (nSPS) is 17.4. The van der Waals surface area contributed by atoms with Gasteiger partial charge in [0.2, 0.25) is 10.0 Å². The van der Waals surface area contributed by atoms with E-state index in [0.29, 0.717) is 31.7 Å². The highest BCUT2D eigenvalue weighted by atomic mass is 32.2. The van der Waals surface area contributed by atoms with Gasteiger partial charge in [-0.25, -0.2) is 13.1 Å². The number of nitrogens with one attached hydrogen (secondary N) is 1. The van der Waals surface area contributed by atoms with Crippen molar-refractivity contribution < 1.29 is 21.6 Å². The summed E-state index contributed by atoms with van der Waals surface area (Å²) in [5.74, 6) is 0.406. The molecule has 0 saturated carbocycles. The maximum absolute atomic E-state index is 12.7. The molecule has 1 aliphatic rings. The van der Waals surface area contributed by atoms with Crippen LogP contribution in [0, 0.1) is 19.8 Å². The predicted octanol–water partition coefficient (Wildman–Crippen LogP) is 1.11. The quantitative estimate of drug-likeness (QED) is 0.714. The minimum atomic E-state index is -3.71. The molecule has 154 valence electrons. The third-order valence-corrected chi connectivity index (χ3v) is 8.38. The third-order valence-electron chi connectivity index (χ3n) is 4.99. The lowest BCUT2D eigenvalue weighted by Crippen LogP contribution is -2.45. The second-order valence-corrected chi connectivity index (χ2v) is 10.9. The first-order chi connectivity index (χ1) is 12.5. The molecule has 0 radical (unpaired) electrons. The molecule has 2 rings (SSSR count). The molecule has 1 aromatic carbocycles. The summed E-state index contributed by atoms with van der Waals surface area (Å²) in [4.78, 5) is 0.126. The van der Waals surface area contributed by atoms with Gasteiger partial charge in [-0.1, -0.05) is 0 Å². The largest absolute Gasteiger partial charge is 0.495 e. The molecular weight excluding hydrogens is 390 g/mol. The van der Waals surface area contributed by atoms with Crippen molar-refractivity contribution in [2.75, 3.05) is 40.8 Å². The van der Waals surface area contributed by atoms with E-state index in [0.717, 1.165) is 11.1 Å². The van der Waals surface area contributed by atoms with Crippen LogP contribution in [0.3, 0.4) is 0 Å². The van der Waals surface area contributed by atoms with E-state index in [4.69, 9.17) is 4.74 Å². The minimum absolute atomic E-state index is 0.0888. The molecule has 1 N–H and O–H groups in total. The van der Waals surface area contributed by atoms with Crippen LogP contribution in [0.25, 0.3) is 0 Å². The van der Waals surface area contributed by atoms with Gasteiger partial charge in [0.15, 0.2) is 0 Å². The highest BCUT2D eigenvalue weighted by Gasteiger charge is 2.30. The molecule has 0 bridgehead atoms. The minimum Gasteiger partial charge on any atom is -0.495 e. The molecule has 8 nitrogen and oxygen atoms in total. The maximum Gasteiger partial charge on any atom is 0.281 e. The monoisotopic (exact) mass is 419 g/mol. The number of hydrogen-bond acceptors (Lipinski definition) is 5. The number of sulfonamides is 1. The predicted molar refractivity (Wildman–Crippen MR) is 105 cm³/mol. The van der Waals surface area contributed by atoms with E-state index in [1.807, 2.05) is 13.8 Å². The van der Waals surface area contributed by atoms with E-state index >= 15 is 0 Å². The van der Waals surface area contributed by atoms with Crippen LogP contribution in [0.15, 0.2) is 17.0 Å². The van der Waals surface area contributed by atoms with Gasteiger partial charge in [-0.3, -0.25) is 0 Å². The van der Waals surface area contributed by atoms with E-state index in [-0.39, 0.29) is 17.4 Å². The highest BCUT2D eigenvalue weighted by molar-refractivity contribution is 7.89. The van der Waals surface area contributed by atoms with E-state index in [1.54, 1.807) is 12.1 Å². The smallest absolute Gasteiger partial charge is 0.281 e. The molecule has 10 heteroatoms. The number of methoxy groups -OCH3 is 1. The highest BCUT2D eigenvalue weighted by Crippen LogP contribution is 2.28. The lowest BCUT2D eigenvalue weighted by atomic mass is 9.99. The Morgan fingerprint density at radius 1 is 1.11 bits per heavy atom. The van der Waals surface area contributed by atoms with E-state index in [9.17, 15) is 16.8 Å². The van der Waals surface area contributed by atoms with Gasteiger partial charge in [-0.05, 0) is 55.9 Å². The van der Waals surface area contributed by atoms with Crippen LogP contribution in [0.4, 0.5) is 0 Å². The molecule has 1 fully saturated rings. The summed E-state index contributed by atoms with van der Waals surface area (Å²) in [5, 5.41) is 0. The van der Waals surface area contributed by atoms with Crippen LogP contribution in [-0.2, 0) is 20.2 Å². The average Bonchev–Trinajstić information content (AvgIpc) is 2.62. The Morgan fingerprint density at radius 3 is 2.19 bits per heavy atom. The number of rotatable bonds is 7. The van der Waals surface area contributed by atoms with Crippen LogP contribution in [0.2, 0.25) is 0 Å². The van der Waals surface area contributed by atoms with Gasteiger partial charge < -0.3 is 4.74 Å². The molecule has 27 heavy (non-hydrogen) atoms. The lowest BCUT2D eigenvalue weighted by Gasteiger charge is -2.32. The summed E-state index contributed by atoms with van der Waals surface area (Å²) in [6, 6.07) is 3.33. The second kappa shape index (κ2) is 8.44. The third kappa shape index (κ3) is 5.00. The zero-order chi connectivity index (χ0) is 20.4. The first kappa shape index (κ1) is 22.1. The number of piperidine rings is 1. The van der Waals surface area contributed by atoms with Crippen LogP contribution in [0.5, 0.6) is 5.75 Å². The van der Waals surface area contributed by atoms with Gasteiger partial charge in [0, 0.05) is 33.7 Å². The fourth-order valence-corrected chi connectivity index (χ4v) is 5.50. The van der Waals surface area contributed by atoms with Gasteiger partial charge in [-0.15, -0.1) is 0 Å². The van der Waals surface area contributed by atoms with Crippen LogP contribution < -0.4 is 9.46 Å². The average molecular weight is 420 g/mol. The van der Waals surface area contributed by atoms with Gasteiger partial charge in [-0.2, -0.15) is 17.0 Å². The SMILES string of the molecule is COc1cc(C)c(C)cc1S(=O)(=O)NCC1CCN(S(=O)(=O)N(C)C)CC1. The molecule has 0 unspecified atom stereocenters. The van der Waals surface area contributed by atoms with Crippen LogP contribution in [-0.4, -0.2) is 66.3 Å². The number of ether oxygens (including phenoxy) is 1. The van der Waals surface area contributed by atoms with Crippen LogP contribution >= 0.6 is 0 Å². The number of nitrogens with zero attached hydrogens (tertiary/aromatic N) is 2. The summed E-state index contributed by atoms with van der Waals surface area (Å²) in [6.45, 7) is 4.81. The molecule has 0 amide bonds. The molecule has 0 atom stereocenters. The molecule has 1 aliphatic heterocycles. The zero-order valence-corrected chi connectivity index (χ0v) is 18.2. The van der Waals surface area contributed by atoms with E-state index < -0.39 is 20.2 Å². The van der Waals surface area contributed by atoms with Gasteiger partial charge in [0.05, 0.1) is 7.11 Å². The molecule has 0 aliphatic carbocycles. The van der Waals surface area contributed by atoms with Crippen molar-refractivity contribution in [3.63, 3.8) is 0 Å². The number of benzene rings is 1. The fraction of sp³-hybridized carbons (Fsp3) is 0.647. The zero-order valence-electron chi connectivity index (χ0n) is 16.5. The van der Waals surface area contributed by atoms with Crippen molar-refractivity contribution in [2.24, 2.45) is 5.92 Å². The lowest BCUT2D eigenvalue weighted by molar-refractivity contribution is 0.263. The molecule has 1 aromatic rings. The topological polar surface area (TPSA) is 96.0 Å². The standard InChI is InChI=1S/C17H29N3O5S2/c1-13-10-16(25-5)17(11-14(13)2)26(21,22)18-12-15-6-8-20(9-7-15)27(23,24)19(3)4/h10-11,15,18H,6-9,12H2,1-5H3. The van der Waals surface area contributed by atoms with Gasteiger partial charge in [0.25, 0.3) is 10.2 Å². The first-order valence-corrected chi connectivity index (χ1v) is 11.7. The Kier molecular flexibility index (Phi) is 6.91. The van der Waals surface area contributed by atoms with E-state index in [1.165, 1.54) is 29.8 Å². The molecule has 0 spiro atoms. The fourth-order valence-electron chi connectivity index (χ4n) is 3.01. The van der Waals surface area contributed by atoms with Gasteiger partial charge >= 0.3 is 0 Å². The Labute approximate surface area is 162 Å². The second-order valence-electron chi connectivity index (χ2n) is 7.07. The van der Waals surface area contributed by atoms with E-state index in [2.05, 4.69) is 4.72 Å². The maximum atomic E-state index is 12.7. The summed E-state index contributed by atoms with van der Waals surface area (Å²) >= 11 is 0. The Morgan fingerprint density at radius 2 is 1.67 bits per heavy atom. The molecular formula is C17H29N3O5S2. The Bertz CT molecular complexity index is 874. The summed E-state index contributed by atoms with van der Waals surface area (Å²) < 4.78 is 60.3. The first-order valence-electron chi connectivity index (χ1n) is 8.81. The van der Waals surface area contributed by atoms with Crippen molar-refractivity contribution in [1.29, 1.82) is 0 Å². The van der Waals surface area contributed by atoms with Crippen LogP contribution in [0.1, 0.15) is 24.0 Å². The van der Waals surface area contributed by atoms with Gasteiger partial charge in [0.1, 0.15) is 10.6 Å². The van der Waals surface area contributed by atoms with Crippen molar-refractivity contribution in [3.05, 3.63) is 23.3 Å². The Balaban J connectivity index is 2.03. The summed E-state index contributed by atoms with van der Waals surface area (Å²) in [6.07, 6.45) is 1.22. The Hall–Kier alpha value is -1.20. The number of aryl methyl sites for hydroxylation is 2.